The molecule has 3 aromatic carbocycles. The Bertz CT molecular complexity index is 1360. The summed E-state index contributed by atoms with van der Waals surface area (Å²) < 4.78 is 34.6. The first-order valence-electron chi connectivity index (χ1n) is 12.1. The molecule has 200 valence electrons. The summed E-state index contributed by atoms with van der Waals surface area (Å²) in [6, 6.07) is 17.6. The number of benzene rings is 3. The third-order valence-electron chi connectivity index (χ3n) is 7.49. The molecule has 2 N–H and O–H groups in total. The summed E-state index contributed by atoms with van der Waals surface area (Å²) in [5.41, 5.74) is -2.44. The fourth-order valence-corrected chi connectivity index (χ4v) is 5.99. The standard InChI is InChI=1S/C29H30O9/c1-16(30)37-26-24(17-9-7-6-8-10-17)29(18-11-12-20(34-3)21(13-18)35-4)28(32,27(26)31)25-22(36-5)14-19(33-2)15-23(25)38-29/h6-15,24,26-27,31-32H,1-5H3/t24-,26?,27?,28+,29+/m1/s1. The number of carbonyl (C=O) groups is 1. The Kier molecular flexibility index (Phi) is 6.36. The van der Waals surface area contributed by atoms with Gasteiger partial charge in [0, 0.05) is 24.6 Å². The third-order valence-corrected chi connectivity index (χ3v) is 7.49. The van der Waals surface area contributed by atoms with Crippen LogP contribution in [-0.4, -0.2) is 56.8 Å². The summed E-state index contributed by atoms with van der Waals surface area (Å²) in [5, 5.41) is 24.7. The Balaban J connectivity index is 1.89. The molecule has 1 heterocycles. The van der Waals surface area contributed by atoms with Crippen molar-refractivity contribution < 1.29 is 43.4 Å². The van der Waals surface area contributed by atoms with Gasteiger partial charge in [0.05, 0.1) is 39.9 Å². The van der Waals surface area contributed by atoms with E-state index >= 15 is 0 Å². The lowest BCUT2D eigenvalue weighted by atomic mass is 9.71. The van der Waals surface area contributed by atoms with Crippen LogP contribution in [-0.2, 0) is 20.7 Å². The van der Waals surface area contributed by atoms with E-state index in [1.807, 2.05) is 30.3 Å². The molecule has 9 heteroatoms. The molecule has 2 unspecified atom stereocenters. The average molecular weight is 523 g/mol. The number of ether oxygens (including phenoxy) is 6. The van der Waals surface area contributed by atoms with Crippen LogP contribution in [0.1, 0.15) is 29.5 Å². The highest BCUT2D eigenvalue weighted by Crippen LogP contribution is 2.69. The molecule has 1 aliphatic carbocycles. The number of fused-ring (bicyclic) bond motifs is 3. The van der Waals surface area contributed by atoms with Gasteiger partial charge in [0.25, 0.3) is 0 Å². The monoisotopic (exact) mass is 522 g/mol. The lowest BCUT2D eigenvalue weighted by Gasteiger charge is -2.40. The normalized spacial score (nSPS) is 27.1. The van der Waals surface area contributed by atoms with E-state index < -0.39 is 35.3 Å². The van der Waals surface area contributed by atoms with Gasteiger partial charge in [-0.25, -0.2) is 0 Å². The number of rotatable bonds is 7. The number of esters is 1. The summed E-state index contributed by atoms with van der Waals surface area (Å²) >= 11 is 0. The predicted octanol–water partition coefficient (Wildman–Crippen LogP) is 3.29. The first-order valence-corrected chi connectivity index (χ1v) is 12.1. The van der Waals surface area contributed by atoms with Gasteiger partial charge in [-0.3, -0.25) is 4.79 Å². The van der Waals surface area contributed by atoms with E-state index in [9.17, 15) is 15.0 Å². The number of aliphatic hydroxyl groups excluding tert-OH is 1. The van der Waals surface area contributed by atoms with E-state index in [4.69, 9.17) is 28.4 Å². The van der Waals surface area contributed by atoms with Crippen molar-refractivity contribution >= 4 is 5.97 Å². The second-order valence-corrected chi connectivity index (χ2v) is 9.28. The molecule has 0 bridgehead atoms. The van der Waals surface area contributed by atoms with Crippen LogP contribution in [0, 0.1) is 0 Å². The molecule has 1 aliphatic heterocycles. The van der Waals surface area contributed by atoms with Crippen LogP contribution in [0.2, 0.25) is 0 Å². The Morgan fingerprint density at radius 1 is 0.868 bits per heavy atom. The molecule has 0 aromatic heterocycles. The van der Waals surface area contributed by atoms with Gasteiger partial charge < -0.3 is 38.6 Å². The lowest BCUT2D eigenvalue weighted by molar-refractivity contribution is -0.166. The van der Waals surface area contributed by atoms with Gasteiger partial charge in [-0.1, -0.05) is 36.4 Å². The Morgan fingerprint density at radius 3 is 2.16 bits per heavy atom. The molecule has 2 aliphatic rings. The van der Waals surface area contributed by atoms with E-state index in [1.54, 1.807) is 30.3 Å². The topological polar surface area (TPSA) is 113 Å². The molecule has 38 heavy (non-hydrogen) atoms. The van der Waals surface area contributed by atoms with Crippen LogP contribution >= 0.6 is 0 Å². The maximum absolute atomic E-state index is 12.8. The highest BCUT2D eigenvalue weighted by molar-refractivity contribution is 5.68. The molecular formula is C29H30O9. The quantitative estimate of drug-likeness (QED) is 0.452. The average Bonchev–Trinajstić information content (AvgIpc) is 3.30. The number of carbonyl (C=O) groups excluding carboxylic acids is 1. The lowest BCUT2D eigenvalue weighted by Crippen LogP contribution is -2.52. The highest BCUT2D eigenvalue weighted by Gasteiger charge is 2.78. The smallest absolute Gasteiger partial charge is 0.303 e. The number of methoxy groups -OCH3 is 4. The molecule has 5 rings (SSSR count). The summed E-state index contributed by atoms with van der Waals surface area (Å²) in [4.78, 5) is 12.3. The second kappa shape index (κ2) is 9.41. The van der Waals surface area contributed by atoms with Crippen LogP contribution in [0.3, 0.4) is 0 Å². The maximum atomic E-state index is 12.8. The third kappa shape index (κ3) is 3.42. The van der Waals surface area contributed by atoms with Gasteiger partial charge in [-0.15, -0.1) is 0 Å². The van der Waals surface area contributed by atoms with E-state index in [0.29, 0.717) is 28.4 Å². The van der Waals surface area contributed by atoms with E-state index in [0.717, 1.165) is 0 Å². The highest BCUT2D eigenvalue weighted by atomic mass is 16.6. The minimum Gasteiger partial charge on any atom is -0.496 e. The summed E-state index contributed by atoms with van der Waals surface area (Å²) in [7, 11) is 5.99. The van der Waals surface area contributed by atoms with Gasteiger partial charge in [0.1, 0.15) is 29.5 Å². The van der Waals surface area contributed by atoms with Crippen molar-refractivity contribution in [3.63, 3.8) is 0 Å². The van der Waals surface area contributed by atoms with Crippen molar-refractivity contribution in [3.05, 3.63) is 77.4 Å². The number of aliphatic hydroxyl groups is 2. The second-order valence-electron chi connectivity index (χ2n) is 9.28. The number of hydrogen-bond acceptors (Lipinski definition) is 9. The zero-order chi connectivity index (χ0) is 27.2. The summed E-state index contributed by atoms with van der Waals surface area (Å²) in [6.07, 6.45) is -2.78. The van der Waals surface area contributed by atoms with Crippen LogP contribution in [0.15, 0.2) is 60.7 Å². The van der Waals surface area contributed by atoms with E-state index in [1.165, 1.54) is 35.4 Å². The van der Waals surface area contributed by atoms with Crippen LogP contribution in [0.4, 0.5) is 0 Å². The van der Waals surface area contributed by atoms with Crippen molar-refractivity contribution in [2.75, 3.05) is 28.4 Å². The molecule has 0 radical (unpaired) electrons. The first-order chi connectivity index (χ1) is 18.3. The van der Waals surface area contributed by atoms with Gasteiger partial charge >= 0.3 is 5.97 Å². The summed E-state index contributed by atoms with van der Waals surface area (Å²) in [6.45, 7) is 1.26. The molecule has 9 nitrogen and oxygen atoms in total. The molecule has 5 atom stereocenters. The molecule has 0 spiro atoms. The Morgan fingerprint density at radius 2 is 1.55 bits per heavy atom. The molecule has 0 amide bonds. The number of hydrogen-bond donors (Lipinski definition) is 2. The molecule has 3 aromatic rings. The predicted molar refractivity (Wildman–Crippen MR) is 136 cm³/mol. The van der Waals surface area contributed by atoms with Crippen molar-refractivity contribution in [1.82, 2.24) is 0 Å². The fraction of sp³-hybridized carbons (Fsp3) is 0.345. The maximum Gasteiger partial charge on any atom is 0.303 e. The van der Waals surface area contributed by atoms with Gasteiger partial charge in [-0.2, -0.15) is 0 Å². The van der Waals surface area contributed by atoms with Crippen LogP contribution in [0.25, 0.3) is 0 Å². The molecule has 1 saturated carbocycles. The molecular weight excluding hydrogens is 492 g/mol. The fourth-order valence-electron chi connectivity index (χ4n) is 5.99. The van der Waals surface area contributed by atoms with E-state index in [-0.39, 0.29) is 17.1 Å². The zero-order valence-electron chi connectivity index (χ0n) is 21.8. The largest absolute Gasteiger partial charge is 0.496 e. The minimum absolute atomic E-state index is 0.221. The molecule has 1 fully saturated rings. The Labute approximate surface area is 220 Å². The van der Waals surface area contributed by atoms with Gasteiger partial charge in [0.15, 0.2) is 22.7 Å². The Hall–Kier alpha value is -3.95. The van der Waals surface area contributed by atoms with Crippen molar-refractivity contribution in [1.29, 1.82) is 0 Å². The summed E-state index contributed by atoms with van der Waals surface area (Å²) in [5.74, 6) is 0.351. The first kappa shape index (κ1) is 25.7. The van der Waals surface area contributed by atoms with Gasteiger partial charge in [0.2, 0.25) is 0 Å². The molecule has 0 saturated heterocycles. The minimum atomic E-state index is -2.12. The van der Waals surface area contributed by atoms with Crippen LogP contribution < -0.4 is 23.7 Å². The van der Waals surface area contributed by atoms with Crippen molar-refractivity contribution in [2.45, 2.75) is 36.3 Å². The van der Waals surface area contributed by atoms with E-state index in [2.05, 4.69) is 0 Å². The van der Waals surface area contributed by atoms with Crippen molar-refractivity contribution in [3.8, 4) is 28.7 Å². The van der Waals surface area contributed by atoms with Gasteiger partial charge in [-0.05, 0) is 17.7 Å². The zero-order valence-corrected chi connectivity index (χ0v) is 21.8. The SMILES string of the molecule is COc1cc(OC)c2c(c1)O[C@@]1(c3ccc(OC)c(OC)c3)[C@H](c3ccccc3)C(OC(C)=O)C(O)[C@@]21O. The van der Waals surface area contributed by atoms with Crippen molar-refractivity contribution in [2.24, 2.45) is 0 Å². The van der Waals surface area contributed by atoms with Crippen LogP contribution in [0.5, 0.6) is 28.7 Å².